The molecule has 2 N–H and O–H groups in total. The van der Waals surface area contributed by atoms with E-state index >= 15 is 0 Å². The minimum Gasteiger partial charge on any atom is -0.375 e. The lowest BCUT2D eigenvalue weighted by Gasteiger charge is -2.16. The standard InChI is InChI=1S/C16H16ClN3O/c1-21-15(11-5-4-6-12(17)9-11)10-18-16-19-13-7-2-3-8-14(13)20-16/h2-9,15H,10H2,1H3,(H2,18,19,20). The van der Waals surface area contributed by atoms with Crippen molar-refractivity contribution in [2.45, 2.75) is 6.10 Å². The summed E-state index contributed by atoms with van der Waals surface area (Å²) in [6, 6.07) is 15.6. The van der Waals surface area contributed by atoms with Gasteiger partial charge in [-0.25, -0.2) is 4.98 Å². The number of rotatable bonds is 5. The molecule has 0 aliphatic carbocycles. The van der Waals surface area contributed by atoms with Crippen LogP contribution in [-0.2, 0) is 4.74 Å². The van der Waals surface area contributed by atoms with E-state index in [-0.39, 0.29) is 6.10 Å². The highest BCUT2D eigenvalue weighted by Gasteiger charge is 2.11. The molecule has 1 aromatic heterocycles. The van der Waals surface area contributed by atoms with Crippen LogP contribution in [0.3, 0.4) is 0 Å². The Hall–Kier alpha value is -2.04. The first-order valence-electron chi connectivity index (χ1n) is 6.73. The quantitative estimate of drug-likeness (QED) is 0.748. The predicted octanol–water partition coefficient (Wildman–Crippen LogP) is 4.02. The predicted molar refractivity (Wildman–Crippen MR) is 85.8 cm³/mol. The van der Waals surface area contributed by atoms with Gasteiger partial charge in [-0.2, -0.15) is 0 Å². The number of imidazole rings is 1. The van der Waals surface area contributed by atoms with E-state index in [1.54, 1.807) is 7.11 Å². The average Bonchev–Trinajstić information content (AvgIpc) is 2.91. The molecule has 0 amide bonds. The third-order valence-corrected chi connectivity index (χ3v) is 3.58. The van der Waals surface area contributed by atoms with Crippen molar-refractivity contribution in [1.82, 2.24) is 9.97 Å². The van der Waals surface area contributed by atoms with E-state index in [1.807, 2.05) is 48.5 Å². The Morgan fingerprint density at radius 2 is 2.10 bits per heavy atom. The van der Waals surface area contributed by atoms with Crippen LogP contribution in [0, 0.1) is 0 Å². The van der Waals surface area contributed by atoms with Gasteiger partial charge in [0.25, 0.3) is 0 Å². The van der Waals surface area contributed by atoms with Crippen LogP contribution in [0.2, 0.25) is 5.02 Å². The summed E-state index contributed by atoms with van der Waals surface area (Å²) in [4.78, 5) is 7.72. The number of hydrogen-bond donors (Lipinski definition) is 2. The van der Waals surface area contributed by atoms with Gasteiger partial charge in [-0.05, 0) is 29.8 Å². The van der Waals surface area contributed by atoms with Crippen molar-refractivity contribution in [3.63, 3.8) is 0 Å². The first-order valence-corrected chi connectivity index (χ1v) is 7.11. The van der Waals surface area contributed by atoms with Gasteiger partial charge in [0.2, 0.25) is 5.95 Å². The molecule has 0 fully saturated rings. The van der Waals surface area contributed by atoms with Crippen molar-refractivity contribution >= 4 is 28.6 Å². The van der Waals surface area contributed by atoms with Crippen LogP contribution in [0.25, 0.3) is 11.0 Å². The molecule has 108 valence electrons. The van der Waals surface area contributed by atoms with Crippen LogP contribution in [0.5, 0.6) is 0 Å². The summed E-state index contributed by atoms with van der Waals surface area (Å²) in [5.74, 6) is 0.736. The first-order chi connectivity index (χ1) is 10.3. The summed E-state index contributed by atoms with van der Waals surface area (Å²) in [5, 5.41) is 3.98. The smallest absolute Gasteiger partial charge is 0.201 e. The monoisotopic (exact) mass is 301 g/mol. The SMILES string of the molecule is COC(CNc1nc2ccccc2[nH]1)c1cccc(Cl)c1. The number of nitrogens with zero attached hydrogens (tertiary/aromatic N) is 1. The van der Waals surface area contributed by atoms with E-state index in [1.165, 1.54) is 0 Å². The maximum Gasteiger partial charge on any atom is 0.201 e. The lowest BCUT2D eigenvalue weighted by molar-refractivity contribution is 0.114. The number of hydrogen-bond acceptors (Lipinski definition) is 3. The van der Waals surface area contributed by atoms with E-state index in [2.05, 4.69) is 15.3 Å². The van der Waals surface area contributed by atoms with Gasteiger partial charge in [0.05, 0.1) is 17.1 Å². The van der Waals surface area contributed by atoms with Gasteiger partial charge in [0.15, 0.2) is 0 Å². The molecule has 0 spiro atoms. The molecule has 0 saturated carbocycles. The van der Waals surface area contributed by atoms with Crippen molar-refractivity contribution in [2.24, 2.45) is 0 Å². The second-order valence-electron chi connectivity index (χ2n) is 4.76. The van der Waals surface area contributed by atoms with E-state index in [0.717, 1.165) is 22.5 Å². The number of ether oxygens (including phenoxy) is 1. The Morgan fingerprint density at radius 1 is 1.24 bits per heavy atom. The fourth-order valence-corrected chi connectivity index (χ4v) is 2.47. The summed E-state index contributed by atoms with van der Waals surface area (Å²) >= 11 is 6.02. The minimum absolute atomic E-state index is 0.0862. The van der Waals surface area contributed by atoms with Gasteiger partial charge in [-0.15, -0.1) is 0 Å². The summed E-state index contributed by atoms with van der Waals surface area (Å²) in [7, 11) is 1.69. The number of halogens is 1. The number of anilines is 1. The van der Waals surface area contributed by atoms with E-state index in [4.69, 9.17) is 16.3 Å². The molecule has 1 heterocycles. The largest absolute Gasteiger partial charge is 0.375 e. The third kappa shape index (κ3) is 3.17. The molecule has 1 atom stereocenters. The second-order valence-corrected chi connectivity index (χ2v) is 5.20. The van der Waals surface area contributed by atoms with Crippen molar-refractivity contribution in [3.8, 4) is 0 Å². The highest BCUT2D eigenvalue weighted by Crippen LogP contribution is 2.21. The molecule has 2 aromatic carbocycles. The topological polar surface area (TPSA) is 49.9 Å². The molecule has 0 radical (unpaired) electrons. The molecular weight excluding hydrogens is 286 g/mol. The number of methoxy groups -OCH3 is 1. The lowest BCUT2D eigenvalue weighted by Crippen LogP contribution is -2.15. The molecule has 4 nitrogen and oxygen atoms in total. The van der Waals surface area contributed by atoms with Crippen LogP contribution in [0.1, 0.15) is 11.7 Å². The Kier molecular flexibility index (Phi) is 4.08. The fourth-order valence-electron chi connectivity index (χ4n) is 2.27. The normalized spacial score (nSPS) is 12.5. The highest BCUT2D eigenvalue weighted by molar-refractivity contribution is 6.30. The molecule has 21 heavy (non-hydrogen) atoms. The maximum absolute atomic E-state index is 6.02. The first kappa shape index (κ1) is 13.9. The van der Waals surface area contributed by atoms with Gasteiger partial charge in [0.1, 0.15) is 0 Å². The zero-order valence-corrected chi connectivity index (χ0v) is 12.4. The number of para-hydroxylation sites is 2. The number of aromatic amines is 1. The molecule has 0 saturated heterocycles. The molecule has 0 bridgehead atoms. The molecule has 3 rings (SSSR count). The van der Waals surface area contributed by atoms with Crippen LogP contribution in [0.15, 0.2) is 48.5 Å². The summed E-state index contributed by atoms with van der Waals surface area (Å²) in [5.41, 5.74) is 2.99. The molecule has 0 aliphatic heterocycles. The number of nitrogens with one attached hydrogen (secondary N) is 2. The number of aromatic nitrogens is 2. The highest BCUT2D eigenvalue weighted by atomic mass is 35.5. The van der Waals surface area contributed by atoms with Gasteiger partial charge in [0, 0.05) is 18.7 Å². The lowest BCUT2D eigenvalue weighted by atomic mass is 10.1. The van der Waals surface area contributed by atoms with Crippen molar-refractivity contribution in [2.75, 3.05) is 19.0 Å². The molecule has 5 heteroatoms. The Bertz CT molecular complexity index is 708. The van der Waals surface area contributed by atoms with Crippen molar-refractivity contribution in [1.29, 1.82) is 0 Å². The summed E-state index contributed by atoms with van der Waals surface area (Å²) in [6.45, 7) is 0.608. The van der Waals surface area contributed by atoms with Crippen molar-refractivity contribution in [3.05, 3.63) is 59.1 Å². The Labute approximate surface area is 128 Å². The van der Waals surface area contributed by atoms with Gasteiger partial charge < -0.3 is 15.0 Å². The molecular formula is C16H16ClN3O. The van der Waals surface area contributed by atoms with Crippen LogP contribution in [-0.4, -0.2) is 23.6 Å². The zero-order chi connectivity index (χ0) is 14.7. The average molecular weight is 302 g/mol. The fraction of sp³-hybridized carbons (Fsp3) is 0.188. The molecule has 1 unspecified atom stereocenters. The zero-order valence-electron chi connectivity index (χ0n) is 11.6. The number of H-pyrrole nitrogens is 1. The van der Waals surface area contributed by atoms with Gasteiger partial charge in [-0.1, -0.05) is 35.9 Å². The van der Waals surface area contributed by atoms with Crippen LogP contribution < -0.4 is 5.32 Å². The van der Waals surface area contributed by atoms with E-state index in [0.29, 0.717) is 11.6 Å². The van der Waals surface area contributed by atoms with Gasteiger partial charge >= 0.3 is 0 Å². The Balaban J connectivity index is 1.73. The molecule has 0 aliphatic rings. The number of benzene rings is 2. The minimum atomic E-state index is -0.0862. The third-order valence-electron chi connectivity index (χ3n) is 3.35. The Morgan fingerprint density at radius 3 is 2.86 bits per heavy atom. The molecule has 3 aromatic rings. The summed E-state index contributed by atoms with van der Waals surface area (Å²) in [6.07, 6.45) is -0.0862. The van der Waals surface area contributed by atoms with Crippen LogP contribution in [0.4, 0.5) is 5.95 Å². The van der Waals surface area contributed by atoms with Gasteiger partial charge in [-0.3, -0.25) is 0 Å². The van der Waals surface area contributed by atoms with E-state index < -0.39 is 0 Å². The van der Waals surface area contributed by atoms with Crippen LogP contribution >= 0.6 is 11.6 Å². The van der Waals surface area contributed by atoms with E-state index in [9.17, 15) is 0 Å². The summed E-state index contributed by atoms with van der Waals surface area (Å²) < 4.78 is 5.52. The second kappa shape index (κ2) is 6.16. The number of fused-ring (bicyclic) bond motifs is 1. The maximum atomic E-state index is 6.02. The van der Waals surface area contributed by atoms with Crippen molar-refractivity contribution < 1.29 is 4.74 Å².